The molecule has 0 N–H and O–H groups in total. The van der Waals surface area contributed by atoms with Crippen molar-refractivity contribution >= 4 is 66.7 Å². The van der Waals surface area contributed by atoms with Gasteiger partial charge in [-0.2, -0.15) is 0 Å². The van der Waals surface area contributed by atoms with E-state index in [9.17, 15) is 0 Å². The maximum atomic E-state index is 5.98. The van der Waals surface area contributed by atoms with Gasteiger partial charge in [0.2, 0.25) is 0 Å². The van der Waals surface area contributed by atoms with Gasteiger partial charge in [0.05, 0.1) is 10.2 Å². The molecule has 18 heavy (non-hydrogen) atoms. The van der Waals surface area contributed by atoms with Crippen LogP contribution < -0.4 is 0 Å². The summed E-state index contributed by atoms with van der Waals surface area (Å²) in [5.41, 5.74) is 2.52. The molecule has 0 atom stereocenters. The monoisotopic (exact) mass is 293 g/mol. The number of furan rings is 1. The van der Waals surface area contributed by atoms with Gasteiger partial charge in [-0.05, 0) is 24.3 Å². The van der Waals surface area contributed by atoms with E-state index in [1.807, 2.05) is 30.3 Å². The Bertz CT molecular complexity index is 909. The number of nitrogens with zero attached hydrogens (tertiary/aromatic N) is 1. The van der Waals surface area contributed by atoms with E-state index in [2.05, 4.69) is 4.98 Å². The van der Waals surface area contributed by atoms with Crippen molar-refractivity contribution in [2.45, 2.75) is 0 Å². The van der Waals surface area contributed by atoms with Gasteiger partial charge in [-0.25, -0.2) is 4.98 Å². The van der Waals surface area contributed by atoms with Crippen molar-refractivity contribution in [2.75, 3.05) is 0 Å². The van der Waals surface area contributed by atoms with Crippen LogP contribution >= 0.6 is 34.5 Å². The summed E-state index contributed by atoms with van der Waals surface area (Å²) in [6, 6.07) is 9.49. The summed E-state index contributed by atoms with van der Waals surface area (Å²) in [4.78, 5) is 4.28. The zero-order chi connectivity index (χ0) is 12.3. The van der Waals surface area contributed by atoms with Gasteiger partial charge < -0.3 is 4.42 Å². The Kier molecular flexibility index (Phi) is 2.13. The number of hydrogen-bond acceptors (Lipinski definition) is 3. The van der Waals surface area contributed by atoms with Gasteiger partial charge in [0.15, 0.2) is 4.47 Å². The first-order valence-corrected chi connectivity index (χ1v) is 6.86. The molecule has 4 rings (SSSR count). The molecule has 0 radical (unpaired) electrons. The van der Waals surface area contributed by atoms with Crippen molar-refractivity contribution < 1.29 is 4.42 Å². The van der Waals surface area contributed by atoms with Crippen LogP contribution in [0.25, 0.3) is 32.2 Å². The minimum absolute atomic E-state index is 0.542. The Morgan fingerprint density at radius 2 is 1.94 bits per heavy atom. The molecule has 0 aliphatic heterocycles. The van der Waals surface area contributed by atoms with Crippen LogP contribution in [0.1, 0.15) is 0 Å². The number of fused-ring (bicyclic) bond motifs is 5. The zero-order valence-corrected chi connectivity index (χ0v) is 11.2. The van der Waals surface area contributed by atoms with Gasteiger partial charge in [-0.3, -0.25) is 0 Å². The van der Waals surface area contributed by atoms with E-state index in [0.717, 1.165) is 32.2 Å². The molecule has 0 saturated heterocycles. The largest absolute Gasteiger partial charge is 0.456 e. The van der Waals surface area contributed by atoms with Gasteiger partial charge in [-0.15, -0.1) is 11.3 Å². The van der Waals surface area contributed by atoms with E-state index in [1.54, 1.807) is 0 Å². The van der Waals surface area contributed by atoms with E-state index in [0.29, 0.717) is 9.49 Å². The lowest BCUT2D eigenvalue weighted by Crippen LogP contribution is -1.69. The highest BCUT2D eigenvalue weighted by atomic mass is 35.5. The average molecular weight is 294 g/mol. The first-order valence-electron chi connectivity index (χ1n) is 5.29. The van der Waals surface area contributed by atoms with Crippen LogP contribution in [0, 0.1) is 0 Å². The molecule has 0 fully saturated rings. The Balaban J connectivity index is 2.31. The van der Waals surface area contributed by atoms with Gasteiger partial charge >= 0.3 is 0 Å². The van der Waals surface area contributed by atoms with E-state index >= 15 is 0 Å². The van der Waals surface area contributed by atoms with Crippen LogP contribution in [-0.2, 0) is 0 Å². The lowest BCUT2D eigenvalue weighted by atomic mass is 10.1. The number of rotatable bonds is 0. The van der Waals surface area contributed by atoms with Crippen molar-refractivity contribution in [1.29, 1.82) is 0 Å². The summed E-state index contributed by atoms with van der Waals surface area (Å²) in [5.74, 6) is 0. The quantitative estimate of drug-likeness (QED) is 0.428. The van der Waals surface area contributed by atoms with Crippen molar-refractivity contribution in [3.8, 4) is 0 Å². The predicted octanol–water partition coefficient (Wildman–Crippen LogP) is 5.50. The summed E-state index contributed by atoms with van der Waals surface area (Å²) in [6.45, 7) is 0. The van der Waals surface area contributed by atoms with Gasteiger partial charge in [0, 0.05) is 21.9 Å². The zero-order valence-electron chi connectivity index (χ0n) is 8.91. The minimum atomic E-state index is 0.542. The number of benzene rings is 2. The topological polar surface area (TPSA) is 26.0 Å². The number of halogens is 2. The van der Waals surface area contributed by atoms with Crippen LogP contribution in [0.5, 0.6) is 0 Å². The van der Waals surface area contributed by atoms with Crippen molar-refractivity contribution in [3.05, 3.63) is 39.8 Å². The molecule has 2 aromatic heterocycles. The van der Waals surface area contributed by atoms with Crippen molar-refractivity contribution in [1.82, 2.24) is 4.98 Å². The fraction of sp³-hybridized carbons (Fsp3) is 0. The molecular weight excluding hydrogens is 289 g/mol. The highest BCUT2D eigenvalue weighted by Gasteiger charge is 2.13. The Morgan fingerprint density at radius 1 is 1.06 bits per heavy atom. The molecule has 2 heterocycles. The van der Waals surface area contributed by atoms with Gasteiger partial charge in [0.25, 0.3) is 0 Å². The molecule has 2 nitrogen and oxygen atoms in total. The lowest BCUT2D eigenvalue weighted by Gasteiger charge is -1.91. The maximum absolute atomic E-state index is 5.98. The molecule has 0 bridgehead atoms. The van der Waals surface area contributed by atoms with Gasteiger partial charge in [-0.1, -0.05) is 23.2 Å². The summed E-state index contributed by atoms with van der Waals surface area (Å²) < 4.78 is 7.40. The number of aromatic nitrogens is 1. The maximum Gasteiger partial charge on any atom is 0.184 e. The van der Waals surface area contributed by atoms with Crippen molar-refractivity contribution in [2.24, 2.45) is 0 Å². The van der Waals surface area contributed by atoms with Crippen LogP contribution in [0.3, 0.4) is 0 Å². The first-order chi connectivity index (χ1) is 8.72. The predicted molar refractivity (Wildman–Crippen MR) is 76.9 cm³/mol. The van der Waals surface area contributed by atoms with E-state index in [-0.39, 0.29) is 0 Å². The molecule has 0 unspecified atom stereocenters. The molecule has 0 saturated carbocycles. The molecule has 88 valence electrons. The van der Waals surface area contributed by atoms with Gasteiger partial charge in [0.1, 0.15) is 11.2 Å². The normalized spacial score (nSPS) is 11.9. The SMILES string of the molecule is Clc1ccc2c(c1)oc1ccc3nc(Cl)sc3c12. The molecule has 0 aliphatic carbocycles. The highest BCUT2D eigenvalue weighted by molar-refractivity contribution is 7.23. The third-order valence-electron chi connectivity index (χ3n) is 2.93. The Hall–Kier alpha value is -1.29. The molecular formula is C13H5Cl2NOS. The molecule has 0 aliphatic rings. The molecule has 0 amide bonds. The van der Waals surface area contributed by atoms with Crippen LogP contribution in [0.15, 0.2) is 34.7 Å². The summed E-state index contributed by atoms with van der Waals surface area (Å²) in [5, 5.41) is 2.77. The molecule has 4 aromatic rings. The van der Waals surface area contributed by atoms with Crippen LogP contribution in [-0.4, -0.2) is 4.98 Å². The summed E-state index contributed by atoms with van der Waals surface area (Å²) >= 11 is 13.4. The van der Waals surface area contributed by atoms with Crippen molar-refractivity contribution in [3.63, 3.8) is 0 Å². The minimum Gasteiger partial charge on any atom is -0.456 e. The molecule has 5 heteroatoms. The second-order valence-electron chi connectivity index (χ2n) is 4.00. The Morgan fingerprint density at radius 3 is 2.83 bits per heavy atom. The standard InChI is InChI=1S/C13H5Cl2NOS/c14-6-1-2-7-10(5-6)17-9-4-3-8-12(11(7)9)18-13(15)16-8/h1-5H. The smallest absolute Gasteiger partial charge is 0.184 e. The average Bonchev–Trinajstić information content (AvgIpc) is 2.86. The molecule has 0 spiro atoms. The third-order valence-corrected chi connectivity index (χ3v) is 4.35. The second-order valence-corrected chi connectivity index (χ2v) is 6.01. The van der Waals surface area contributed by atoms with E-state index in [4.69, 9.17) is 27.6 Å². The fourth-order valence-corrected chi connectivity index (χ4v) is 3.52. The number of thiazole rings is 1. The lowest BCUT2D eigenvalue weighted by molar-refractivity contribution is 0.669. The fourth-order valence-electron chi connectivity index (χ4n) is 2.19. The summed E-state index contributed by atoms with van der Waals surface area (Å²) in [7, 11) is 0. The highest BCUT2D eigenvalue weighted by Crippen LogP contribution is 2.38. The molecule has 2 aromatic carbocycles. The second kappa shape index (κ2) is 3.60. The first kappa shape index (κ1) is 10.6. The Labute approximate surface area is 116 Å². The van der Waals surface area contributed by atoms with Crippen LogP contribution in [0.4, 0.5) is 0 Å². The van der Waals surface area contributed by atoms with E-state index in [1.165, 1.54) is 11.3 Å². The third kappa shape index (κ3) is 1.38. The number of hydrogen-bond donors (Lipinski definition) is 0. The summed E-state index contributed by atoms with van der Waals surface area (Å²) in [6.07, 6.45) is 0. The van der Waals surface area contributed by atoms with Crippen LogP contribution in [0.2, 0.25) is 9.49 Å². The van der Waals surface area contributed by atoms with E-state index < -0.39 is 0 Å².